The molecule has 0 radical (unpaired) electrons. The molecule has 1 saturated carbocycles. The SMILES string of the molecule is CC1(C)C(NC(=O)c2cnc(N3CCC(C=O)CC3)cn2)C(C)(C)C1Oc1ccc(C#N)c(Cl)c1. The zero-order chi connectivity index (χ0) is 25.4. The van der Waals surface area contributed by atoms with Gasteiger partial charge < -0.3 is 19.7 Å². The molecule has 1 aliphatic carbocycles. The first-order chi connectivity index (χ1) is 16.6. The normalized spacial score (nSPS) is 23.0. The summed E-state index contributed by atoms with van der Waals surface area (Å²) in [4.78, 5) is 34.9. The van der Waals surface area contributed by atoms with Crippen LogP contribution in [0, 0.1) is 28.1 Å². The molecule has 0 atom stereocenters. The van der Waals surface area contributed by atoms with Crippen LogP contribution in [0.4, 0.5) is 5.82 Å². The zero-order valence-corrected chi connectivity index (χ0v) is 21.2. The molecule has 0 bridgehead atoms. The molecule has 0 unspecified atom stereocenters. The Morgan fingerprint density at radius 3 is 2.43 bits per heavy atom. The van der Waals surface area contributed by atoms with Crippen LogP contribution in [0.1, 0.15) is 56.6 Å². The maximum Gasteiger partial charge on any atom is 0.271 e. The minimum atomic E-state index is -0.365. The molecule has 1 aromatic heterocycles. The Morgan fingerprint density at radius 1 is 1.20 bits per heavy atom. The zero-order valence-electron chi connectivity index (χ0n) is 20.4. The molecule has 0 spiro atoms. The van der Waals surface area contributed by atoms with E-state index in [1.807, 2.05) is 6.07 Å². The molecule has 2 fully saturated rings. The fourth-order valence-electron chi connectivity index (χ4n) is 5.67. The van der Waals surface area contributed by atoms with Crippen LogP contribution >= 0.6 is 11.6 Å². The van der Waals surface area contributed by atoms with Gasteiger partial charge in [0.05, 0.1) is 23.0 Å². The molecule has 4 rings (SSSR count). The van der Waals surface area contributed by atoms with Crippen molar-refractivity contribution < 1.29 is 14.3 Å². The number of amides is 1. The second-order valence-corrected chi connectivity index (χ2v) is 10.9. The summed E-state index contributed by atoms with van der Waals surface area (Å²) in [5, 5.41) is 12.6. The third kappa shape index (κ3) is 4.70. The van der Waals surface area contributed by atoms with E-state index >= 15 is 0 Å². The van der Waals surface area contributed by atoms with E-state index in [2.05, 4.69) is 47.9 Å². The first-order valence-electron chi connectivity index (χ1n) is 11.8. The van der Waals surface area contributed by atoms with Crippen molar-refractivity contribution in [1.29, 1.82) is 5.26 Å². The lowest BCUT2D eigenvalue weighted by Crippen LogP contribution is -2.74. The Bertz CT molecular complexity index is 1130. The van der Waals surface area contributed by atoms with Gasteiger partial charge in [-0.25, -0.2) is 9.97 Å². The van der Waals surface area contributed by atoms with Crippen LogP contribution in [-0.4, -0.2) is 47.4 Å². The van der Waals surface area contributed by atoms with E-state index in [1.165, 1.54) is 6.20 Å². The minimum Gasteiger partial charge on any atom is -0.489 e. The van der Waals surface area contributed by atoms with Gasteiger partial charge in [-0.15, -0.1) is 0 Å². The molecule has 35 heavy (non-hydrogen) atoms. The highest BCUT2D eigenvalue weighted by atomic mass is 35.5. The van der Waals surface area contributed by atoms with Gasteiger partial charge in [-0.3, -0.25) is 4.79 Å². The fraction of sp³-hybridized carbons (Fsp3) is 0.500. The van der Waals surface area contributed by atoms with E-state index in [1.54, 1.807) is 24.4 Å². The van der Waals surface area contributed by atoms with Crippen molar-refractivity contribution in [2.45, 2.75) is 52.7 Å². The van der Waals surface area contributed by atoms with Crippen LogP contribution in [0.15, 0.2) is 30.6 Å². The molecule has 184 valence electrons. The number of hydrogen-bond donors (Lipinski definition) is 1. The number of aromatic nitrogens is 2. The van der Waals surface area contributed by atoms with Crippen molar-refractivity contribution in [3.8, 4) is 11.8 Å². The summed E-state index contributed by atoms with van der Waals surface area (Å²) in [6.45, 7) is 9.71. The molecule has 2 aromatic rings. The van der Waals surface area contributed by atoms with E-state index in [-0.39, 0.29) is 40.5 Å². The molecule has 1 amide bonds. The van der Waals surface area contributed by atoms with Crippen LogP contribution in [-0.2, 0) is 4.79 Å². The molecule has 1 aromatic carbocycles. The van der Waals surface area contributed by atoms with Crippen LogP contribution in [0.3, 0.4) is 0 Å². The first kappa shape index (κ1) is 24.9. The van der Waals surface area contributed by atoms with Crippen LogP contribution in [0.2, 0.25) is 5.02 Å². The quantitative estimate of drug-likeness (QED) is 0.602. The van der Waals surface area contributed by atoms with Gasteiger partial charge in [0.25, 0.3) is 5.91 Å². The minimum absolute atomic E-state index is 0.111. The van der Waals surface area contributed by atoms with E-state index in [0.29, 0.717) is 22.2 Å². The van der Waals surface area contributed by atoms with Crippen molar-refractivity contribution in [3.05, 3.63) is 46.9 Å². The Balaban J connectivity index is 1.41. The smallest absolute Gasteiger partial charge is 0.271 e. The number of carbonyl (C=O) groups is 2. The monoisotopic (exact) mass is 495 g/mol. The number of anilines is 1. The Hall–Kier alpha value is -3.18. The molecule has 2 heterocycles. The largest absolute Gasteiger partial charge is 0.489 e. The van der Waals surface area contributed by atoms with Crippen LogP contribution < -0.4 is 15.0 Å². The molecule has 2 aliphatic rings. The van der Waals surface area contributed by atoms with Crippen molar-refractivity contribution in [1.82, 2.24) is 15.3 Å². The topological polar surface area (TPSA) is 108 Å². The van der Waals surface area contributed by atoms with Crippen molar-refractivity contribution in [2.75, 3.05) is 18.0 Å². The number of aldehydes is 1. The summed E-state index contributed by atoms with van der Waals surface area (Å²) in [6.07, 6.45) is 5.56. The van der Waals surface area contributed by atoms with Gasteiger partial charge in [0, 0.05) is 41.9 Å². The second-order valence-electron chi connectivity index (χ2n) is 10.5. The maximum atomic E-state index is 13.0. The number of hydrogen-bond acceptors (Lipinski definition) is 7. The molecule has 1 aliphatic heterocycles. The summed E-state index contributed by atoms with van der Waals surface area (Å²) in [5.41, 5.74) is -0.0775. The number of rotatable bonds is 6. The van der Waals surface area contributed by atoms with Crippen molar-refractivity contribution in [3.63, 3.8) is 0 Å². The number of carbonyl (C=O) groups excluding carboxylic acids is 2. The predicted molar refractivity (Wildman–Crippen MR) is 132 cm³/mol. The number of nitrogens with zero attached hydrogens (tertiary/aromatic N) is 4. The molecular formula is C26H30ClN5O3. The third-order valence-electron chi connectivity index (χ3n) is 7.36. The highest BCUT2D eigenvalue weighted by molar-refractivity contribution is 6.31. The second kappa shape index (κ2) is 9.46. The molecule has 8 nitrogen and oxygen atoms in total. The summed E-state index contributed by atoms with van der Waals surface area (Å²) in [7, 11) is 0. The van der Waals surface area contributed by atoms with Gasteiger partial charge in [0.1, 0.15) is 35.7 Å². The number of benzene rings is 1. The average molecular weight is 496 g/mol. The Labute approximate surface area is 210 Å². The number of halogens is 1. The molecule has 1 saturated heterocycles. The molecular weight excluding hydrogens is 466 g/mol. The summed E-state index contributed by atoms with van der Waals surface area (Å²) >= 11 is 6.17. The van der Waals surface area contributed by atoms with E-state index in [9.17, 15) is 9.59 Å². The van der Waals surface area contributed by atoms with Gasteiger partial charge in [0.15, 0.2) is 0 Å². The lowest BCUT2D eigenvalue weighted by molar-refractivity contribution is -0.164. The summed E-state index contributed by atoms with van der Waals surface area (Å²) in [6, 6.07) is 6.91. The standard InChI is InChI=1S/C26H30ClN5O3/c1-25(2)23(26(3,4)24(25)35-18-6-5-17(12-28)19(27)11-18)31-22(34)20-13-30-21(14-29-20)32-9-7-16(15-33)8-10-32/h5-6,11,13-16,23-24H,7-10H2,1-4H3,(H,31,34). The first-order valence-corrected chi connectivity index (χ1v) is 12.1. The predicted octanol–water partition coefficient (Wildman–Crippen LogP) is 4.03. The number of nitrogens with one attached hydrogen (secondary N) is 1. The van der Waals surface area contributed by atoms with E-state index in [0.717, 1.165) is 32.2 Å². The molecule has 1 N–H and O–H groups in total. The van der Waals surface area contributed by atoms with Crippen LogP contribution in [0.25, 0.3) is 0 Å². The van der Waals surface area contributed by atoms with Gasteiger partial charge in [-0.05, 0) is 25.0 Å². The van der Waals surface area contributed by atoms with Crippen LogP contribution in [0.5, 0.6) is 5.75 Å². The van der Waals surface area contributed by atoms with Crippen molar-refractivity contribution >= 4 is 29.6 Å². The van der Waals surface area contributed by atoms with Gasteiger partial charge in [-0.2, -0.15) is 5.26 Å². The Morgan fingerprint density at radius 2 is 1.89 bits per heavy atom. The van der Waals surface area contributed by atoms with Gasteiger partial charge in [-0.1, -0.05) is 39.3 Å². The number of ether oxygens (including phenoxy) is 1. The highest BCUT2D eigenvalue weighted by Crippen LogP contribution is 2.55. The van der Waals surface area contributed by atoms with E-state index in [4.69, 9.17) is 21.6 Å². The third-order valence-corrected chi connectivity index (χ3v) is 7.67. The number of nitriles is 1. The van der Waals surface area contributed by atoms with E-state index < -0.39 is 0 Å². The molecule has 9 heteroatoms. The summed E-state index contributed by atoms with van der Waals surface area (Å²) < 4.78 is 6.28. The maximum absolute atomic E-state index is 13.0. The lowest BCUT2D eigenvalue weighted by atomic mass is 9.49. The van der Waals surface area contributed by atoms with Crippen molar-refractivity contribution in [2.24, 2.45) is 16.7 Å². The fourth-order valence-corrected chi connectivity index (χ4v) is 5.88. The highest BCUT2D eigenvalue weighted by Gasteiger charge is 2.64. The number of piperidine rings is 1. The van der Waals surface area contributed by atoms with Gasteiger partial charge in [0.2, 0.25) is 0 Å². The Kier molecular flexibility index (Phi) is 6.74. The van der Waals surface area contributed by atoms with Gasteiger partial charge >= 0.3 is 0 Å². The lowest BCUT2D eigenvalue weighted by Gasteiger charge is -2.63. The average Bonchev–Trinajstić information content (AvgIpc) is 2.85. The summed E-state index contributed by atoms with van der Waals surface area (Å²) in [5.74, 6) is 1.13.